The summed E-state index contributed by atoms with van der Waals surface area (Å²) >= 11 is 0. The fourth-order valence-corrected chi connectivity index (χ4v) is 4.32. The number of carbonyl (C=O) groups is 2. The molecule has 2 aromatic rings. The number of hydrogen-bond acceptors (Lipinski definition) is 4. The lowest BCUT2D eigenvalue weighted by atomic mass is 9.98. The second-order valence-corrected chi connectivity index (χ2v) is 8.25. The number of likely N-dealkylation sites (tertiary alicyclic amines) is 1. The van der Waals surface area contributed by atoms with E-state index in [1.165, 1.54) is 19.2 Å². The second kappa shape index (κ2) is 8.56. The Bertz CT molecular complexity index is 924. The van der Waals surface area contributed by atoms with Crippen LogP contribution >= 0.6 is 0 Å². The van der Waals surface area contributed by atoms with Gasteiger partial charge in [0.05, 0.1) is 24.3 Å². The van der Waals surface area contributed by atoms with Crippen LogP contribution in [0.5, 0.6) is 0 Å². The highest BCUT2D eigenvalue weighted by atomic mass is 19.1. The lowest BCUT2D eigenvalue weighted by Crippen LogP contribution is -2.51. The Kier molecular flexibility index (Phi) is 5.86. The smallest absolute Gasteiger partial charge is 0.337 e. The summed E-state index contributed by atoms with van der Waals surface area (Å²) in [4.78, 5) is 27.0. The molecule has 2 aromatic carbocycles. The zero-order chi connectivity index (χ0) is 21.1. The monoisotopic (exact) mass is 410 g/mol. The number of benzene rings is 2. The number of nitrogens with zero attached hydrogens (tertiary/aromatic N) is 1. The average molecular weight is 410 g/mol. The van der Waals surface area contributed by atoms with Crippen LogP contribution in [-0.4, -0.2) is 36.5 Å². The van der Waals surface area contributed by atoms with E-state index in [1.54, 1.807) is 18.2 Å². The van der Waals surface area contributed by atoms with Crippen molar-refractivity contribution in [3.63, 3.8) is 0 Å². The van der Waals surface area contributed by atoms with E-state index in [0.717, 1.165) is 49.8 Å². The number of amides is 1. The van der Waals surface area contributed by atoms with Crippen LogP contribution < -0.4 is 5.32 Å². The maximum Gasteiger partial charge on any atom is 0.337 e. The molecule has 5 nitrogen and oxygen atoms in total. The van der Waals surface area contributed by atoms with Crippen LogP contribution in [0.25, 0.3) is 0 Å². The van der Waals surface area contributed by atoms with Crippen LogP contribution in [-0.2, 0) is 21.6 Å². The molecule has 0 bridgehead atoms. The summed E-state index contributed by atoms with van der Waals surface area (Å²) in [6.45, 7) is 1.39. The zero-order valence-corrected chi connectivity index (χ0v) is 17.2. The molecule has 1 saturated carbocycles. The van der Waals surface area contributed by atoms with Crippen molar-refractivity contribution < 1.29 is 18.7 Å². The highest BCUT2D eigenvalue weighted by Gasteiger charge is 2.47. The SMILES string of the molecule is COC(=O)c1ccc(C2(NC(=O)[C@H]3CCCCN3Cc3cccc(F)c3)CC2)cc1. The van der Waals surface area contributed by atoms with Crippen molar-refractivity contribution in [2.75, 3.05) is 13.7 Å². The number of hydrogen-bond donors (Lipinski definition) is 1. The van der Waals surface area contributed by atoms with E-state index in [0.29, 0.717) is 12.1 Å². The molecule has 0 spiro atoms. The van der Waals surface area contributed by atoms with Gasteiger partial charge in [-0.15, -0.1) is 0 Å². The number of nitrogens with one attached hydrogen (secondary N) is 1. The molecular formula is C24H27FN2O3. The lowest BCUT2D eigenvalue weighted by molar-refractivity contribution is -0.129. The van der Waals surface area contributed by atoms with Crippen LogP contribution in [0.2, 0.25) is 0 Å². The summed E-state index contributed by atoms with van der Waals surface area (Å²) in [7, 11) is 1.36. The van der Waals surface area contributed by atoms with Gasteiger partial charge in [-0.1, -0.05) is 30.7 Å². The summed E-state index contributed by atoms with van der Waals surface area (Å²) < 4.78 is 18.3. The molecule has 6 heteroatoms. The Labute approximate surface area is 176 Å². The Morgan fingerprint density at radius 3 is 2.60 bits per heavy atom. The zero-order valence-electron chi connectivity index (χ0n) is 17.2. The minimum absolute atomic E-state index is 0.0284. The lowest BCUT2D eigenvalue weighted by Gasteiger charge is -2.35. The highest BCUT2D eigenvalue weighted by molar-refractivity contribution is 5.89. The van der Waals surface area contributed by atoms with E-state index in [-0.39, 0.29) is 29.3 Å². The molecule has 1 aliphatic heterocycles. The van der Waals surface area contributed by atoms with Gasteiger partial charge in [-0.25, -0.2) is 9.18 Å². The summed E-state index contributed by atoms with van der Waals surface area (Å²) in [5.74, 6) is -0.593. The maximum atomic E-state index is 13.6. The maximum absolute atomic E-state index is 13.6. The molecule has 1 aliphatic carbocycles. The number of ether oxygens (including phenoxy) is 1. The third-order valence-corrected chi connectivity index (χ3v) is 6.16. The van der Waals surface area contributed by atoms with E-state index >= 15 is 0 Å². The van der Waals surface area contributed by atoms with Gasteiger partial charge in [0.1, 0.15) is 5.82 Å². The predicted molar refractivity (Wildman–Crippen MR) is 111 cm³/mol. The van der Waals surface area contributed by atoms with Crippen LogP contribution in [0.3, 0.4) is 0 Å². The fourth-order valence-electron chi connectivity index (χ4n) is 4.32. The summed E-state index contributed by atoms with van der Waals surface area (Å²) in [5.41, 5.74) is 2.04. The van der Waals surface area contributed by atoms with Crippen LogP contribution in [0.4, 0.5) is 4.39 Å². The molecule has 0 aromatic heterocycles. The number of methoxy groups -OCH3 is 1. The molecule has 0 radical (unpaired) electrons. The average Bonchev–Trinajstić information content (AvgIpc) is 3.54. The van der Waals surface area contributed by atoms with E-state index in [4.69, 9.17) is 4.74 Å². The van der Waals surface area contributed by atoms with Crippen molar-refractivity contribution in [1.29, 1.82) is 0 Å². The van der Waals surface area contributed by atoms with Crippen LogP contribution in [0.1, 0.15) is 53.6 Å². The van der Waals surface area contributed by atoms with Gasteiger partial charge in [-0.2, -0.15) is 0 Å². The van der Waals surface area contributed by atoms with Crippen molar-refractivity contribution in [3.8, 4) is 0 Å². The number of carbonyl (C=O) groups excluding carboxylic acids is 2. The summed E-state index contributed by atoms with van der Waals surface area (Å²) in [6.07, 6.45) is 4.62. The minimum atomic E-state index is -0.370. The largest absolute Gasteiger partial charge is 0.465 e. The molecule has 1 N–H and O–H groups in total. The Hall–Kier alpha value is -2.73. The first-order chi connectivity index (χ1) is 14.5. The number of esters is 1. The van der Waals surface area contributed by atoms with Gasteiger partial charge in [-0.05, 0) is 67.6 Å². The van der Waals surface area contributed by atoms with E-state index in [1.807, 2.05) is 18.2 Å². The van der Waals surface area contributed by atoms with Gasteiger partial charge in [0.15, 0.2) is 0 Å². The first-order valence-corrected chi connectivity index (χ1v) is 10.5. The van der Waals surface area contributed by atoms with Crippen molar-refractivity contribution in [2.24, 2.45) is 0 Å². The molecular weight excluding hydrogens is 383 g/mol. The number of rotatable bonds is 6. The Morgan fingerprint density at radius 2 is 1.93 bits per heavy atom. The molecule has 1 atom stereocenters. The first-order valence-electron chi connectivity index (χ1n) is 10.5. The van der Waals surface area contributed by atoms with E-state index in [9.17, 15) is 14.0 Å². The highest BCUT2D eigenvalue weighted by Crippen LogP contribution is 2.45. The second-order valence-electron chi connectivity index (χ2n) is 8.25. The normalized spacial score (nSPS) is 20.4. The predicted octanol–water partition coefficient (Wildman–Crippen LogP) is 3.77. The third-order valence-electron chi connectivity index (χ3n) is 6.16. The summed E-state index contributed by atoms with van der Waals surface area (Å²) in [6, 6.07) is 13.6. The molecule has 4 rings (SSSR count). The van der Waals surface area contributed by atoms with Gasteiger partial charge in [0.25, 0.3) is 0 Å². The van der Waals surface area contributed by atoms with Crippen molar-refractivity contribution in [2.45, 2.75) is 50.2 Å². The van der Waals surface area contributed by atoms with Gasteiger partial charge in [0, 0.05) is 6.54 Å². The van der Waals surface area contributed by atoms with E-state index in [2.05, 4.69) is 10.2 Å². The molecule has 2 aliphatic rings. The Morgan fingerprint density at radius 1 is 1.17 bits per heavy atom. The van der Waals surface area contributed by atoms with Gasteiger partial charge >= 0.3 is 5.97 Å². The topological polar surface area (TPSA) is 58.6 Å². The molecule has 2 fully saturated rings. The molecule has 1 saturated heterocycles. The van der Waals surface area contributed by atoms with Crippen molar-refractivity contribution >= 4 is 11.9 Å². The minimum Gasteiger partial charge on any atom is -0.465 e. The molecule has 1 amide bonds. The fraction of sp³-hybridized carbons (Fsp3) is 0.417. The first kappa shape index (κ1) is 20.5. The van der Waals surface area contributed by atoms with Gasteiger partial charge in [0.2, 0.25) is 5.91 Å². The molecule has 30 heavy (non-hydrogen) atoms. The van der Waals surface area contributed by atoms with E-state index < -0.39 is 0 Å². The third kappa shape index (κ3) is 4.38. The molecule has 1 heterocycles. The van der Waals surface area contributed by atoms with Gasteiger partial charge < -0.3 is 10.1 Å². The molecule has 0 unspecified atom stereocenters. The quantitative estimate of drug-likeness (QED) is 0.737. The standard InChI is InChI=1S/C24H27FN2O3/c1-30-23(29)18-8-10-19(11-9-18)24(12-13-24)26-22(28)21-7-2-3-14-27(21)16-17-5-4-6-20(25)15-17/h4-6,8-11,15,21H,2-3,7,12-14,16H2,1H3,(H,26,28)/t21-/m1/s1. The molecule has 158 valence electrons. The number of piperidine rings is 1. The Balaban J connectivity index is 1.45. The number of halogens is 1. The van der Waals surface area contributed by atoms with Crippen molar-refractivity contribution in [3.05, 3.63) is 71.0 Å². The van der Waals surface area contributed by atoms with Crippen LogP contribution in [0.15, 0.2) is 48.5 Å². The van der Waals surface area contributed by atoms with Gasteiger partial charge in [-0.3, -0.25) is 9.69 Å². The van der Waals surface area contributed by atoms with Crippen LogP contribution in [0, 0.1) is 5.82 Å². The van der Waals surface area contributed by atoms with Crippen molar-refractivity contribution in [1.82, 2.24) is 10.2 Å². The summed E-state index contributed by atoms with van der Waals surface area (Å²) in [5, 5.41) is 3.27.